The number of anilines is 3. The summed E-state index contributed by atoms with van der Waals surface area (Å²) >= 11 is 0. The van der Waals surface area contributed by atoms with E-state index in [0.29, 0.717) is 0 Å². The second-order valence-electron chi connectivity index (χ2n) is 18.3. The summed E-state index contributed by atoms with van der Waals surface area (Å²) in [6.45, 7) is 0. The van der Waals surface area contributed by atoms with Gasteiger partial charge in [-0.25, -0.2) is 0 Å². The molecule has 0 saturated heterocycles. The van der Waals surface area contributed by atoms with Gasteiger partial charge >= 0.3 is 0 Å². The standard InChI is InChI=1S/C64H51N/c1-6-17-47(18-7-1)55-37-38-57(48-19-8-2-9-20-48)63-56(25-16-26-60(55)63)51-33-32-49-41-45(29-31-50(49)43-51)27-28-46-30-35-58-59-36-34-54(44-62(59)64(61(58)42-46)39-14-5-15-40-64)65(52-21-10-3-11-22-52)53-23-12-4-13-24-53/h1-4,6-13,16-28,30,32-38,41-44H,5,14-15,29,31,39-40H2/b28-27+. The maximum atomic E-state index is 2.53. The van der Waals surface area contributed by atoms with Crippen LogP contribution in [0.3, 0.4) is 0 Å². The molecule has 1 spiro atoms. The molecule has 12 rings (SSSR count). The van der Waals surface area contributed by atoms with Crippen molar-refractivity contribution in [2.24, 2.45) is 0 Å². The number of para-hydroxylation sites is 2. The Labute approximate surface area is 383 Å². The van der Waals surface area contributed by atoms with Gasteiger partial charge in [0.25, 0.3) is 0 Å². The van der Waals surface area contributed by atoms with E-state index in [9.17, 15) is 0 Å². The summed E-state index contributed by atoms with van der Waals surface area (Å²) in [5.41, 5.74) is 22.5. The zero-order chi connectivity index (χ0) is 43.2. The molecule has 0 radical (unpaired) electrons. The lowest BCUT2D eigenvalue weighted by Gasteiger charge is -2.37. The number of fused-ring (bicyclic) bond motifs is 7. The highest BCUT2D eigenvalue weighted by molar-refractivity contribution is 6.12. The predicted molar refractivity (Wildman–Crippen MR) is 276 cm³/mol. The van der Waals surface area contributed by atoms with Crippen molar-refractivity contribution in [1.82, 2.24) is 0 Å². The fourth-order valence-corrected chi connectivity index (χ4v) is 11.4. The average Bonchev–Trinajstić information content (AvgIpc) is 3.63. The van der Waals surface area contributed by atoms with E-state index in [-0.39, 0.29) is 5.41 Å². The van der Waals surface area contributed by atoms with Gasteiger partial charge in [0, 0.05) is 22.5 Å². The number of hydrogen-bond acceptors (Lipinski definition) is 1. The van der Waals surface area contributed by atoms with Crippen LogP contribution in [0.25, 0.3) is 67.4 Å². The molecule has 1 saturated carbocycles. The minimum atomic E-state index is 0.0393. The van der Waals surface area contributed by atoms with Crippen molar-refractivity contribution in [1.29, 1.82) is 0 Å². The number of allylic oxidation sites excluding steroid dienone is 2. The second kappa shape index (κ2) is 16.6. The second-order valence-corrected chi connectivity index (χ2v) is 18.3. The van der Waals surface area contributed by atoms with Crippen molar-refractivity contribution in [2.45, 2.75) is 50.4 Å². The molecule has 0 amide bonds. The lowest BCUT2D eigenvalue weighted by molar-refractivity contribution is 0.353. The monoisotopic (exact) mass is 833 g/mol. The Morgan fingerprint density at radius 2 is 1.00 bits per heavy atom. The Morgan fingerprint density at radius 3 is 1.71 bits per heavy atom. The van der Waals surface area contributed by atoms with Crippen molar-refractivity contribution >= 4 is 40.0 Å². The normalized spacial score (nSPS) is 14.8. The van der Waals surface area contributed by atoms with Gasteiger partial charge in [-0.15, -0.1) is 0 Å². The third kappa shape index (κ3) is 7.04. The Balaban J connectivity index is 0.864. The molecule has 0 atom stereocenters. The molecule has 0 heterocycles. The van der Waals surface area contributed by atoms with Gasteiger partial charge in [-0.1, -0.05) is 207 Å². The summed E-state index contributed by atoms with van der Waals surface area (Å²) in [5, 5.41) is 2.59. The molecule has 9 aromatic carbocycles. The molecule has 0 bridgehead atoms. The zero-order valence-electron chi connectivity index (χ0n) is 36.8. The Hall–Kier alpha value is -7.48. The highest BCUT2D eigenvalue weighted by Crippen LogP contribution is 2.57. The van der Waals surface area contributed by atoms with Crippen LogP contribution >= 0.6 is 0 Å². The van der Waals surface area contributed by atoms with E-state index >= 15 is 0 Å². The van der Waals surface area contributed by atoms with Crippen LogP contribution in [0, 0.1) is 0 Å². The van der Waals surface area contributed by atoms with Crippen LogP contribution in [0.15, 0.2) is 218 Å². The molecule has 1 nitrogen and oxygen atoms in total. The summed E-state index contributed by atoms with van der Waals surface area (Å²) < 4.78 is 0. The molecule has 3 aliphatic carbocycles. The number of rotatable bonds is 8. The van der Waals surface area contributed by atoms with E-state index in [1.165, 1.54) is 138 Å². The fraction of sp³-hybridized carbons (Fsp3) is 0.125. The van der Waals surface area contributed by atoms with Gasteiger partial charge < -0.3 is 4.90 Å². The number of benzene rings is 9. The Morgan fingerprint density at radius 1 is 0.400 bits per heavy atom. The first kappa shape index (κ1) is 39.1. The van der Waals surface area contributed by atoms with Crippen LogP contribution in [0.1, 0.15) is 66.3 Å². The average molecular weight is 834 g/mol. The lowest BCUT2D eigenvalue weighted by Crippen LogP contribution is -2.28. The van der Waals surface area contributed by atoms with Crippen LogP contribution in [0.2, 0.25) is 0 Å². The molecular weight excluding hydrogens is 783 g/mol. The SMILES string of the molecule is C1=C(/C=C/c2ccc3c(c2)C2(CCCCC2)c2cc(N(c4ccccc4)c4ccccc4)ccc2-3)CCc2cc(-c3cccc4c(-c5ccccc5)ccc(-c5ccccc5)c34)ccc21. The first-order valence-corrected chi connectivity index (χ1v) is 23.6. The van der Waals surface area contributed by atoms with Crippen molar-refractivity contribution in [3.63, 3.8) is 0 Å². The Bertz CT molecular complexity index is 3220. The summed E-state index contributed by atoms with van der Waals surface area (Å²) in [7, 11) is 0. The molecule has 1 fully saturated rings. The summed E-state index contributed by atoms with van der Waals surface area (Å²) in [4.78, 5) is 2.41. The van der Waals surface area contributed by atoms with Gasteiger partial charge in [0.2, 0.25) is 0 Å². The molecule has 65 heavy (non-hydrogen) atoms. The van der Waals surface area contributed by atoms with Crippen LogP contribution in [0.4, 0.5) is 17.1 Å². The summed E-state index contributed by atoms with van der Waals surface area (Å²) in [6.07, 6.45) is 15.5. The molecule has 0 N–H and O–H groups in total. The highest BCUT2D eigenvalue weighted by Gasteiger charge is 2.44. The van der Waals surface area contributed by atoms with E-state index in [1.807, 2.05) is 0 Å². The third-order valence-corrected chi connectivity index (χ3v) is 14.5. The molecular formula is C64H51N. The topological polar surface area (TPSA) is 3.24 Å². The van der Waals surface area contributed by atoms with Crippen molar-refractivity contribution in [3.05, 3.63) is 246 Å². The largest absolute Gasteiger partial charge is 0.310 e. The lowest BCUT2D eigenvalue weighted by atomic mass is 9.67. The molecule has 312 valence electrons. The Kier molecular flexibility index (Phi) is 9.98. The van der Waals surface area contributed by atoms with Crippen molar-refractivity contribution < 1.29 is 0 Å². The smallest absolute Gasteiger partial charge is 0.0465 e. The summed E-state index contributed by atoms with van der Waals surface area (Å²) in [5.74, 6) is 0. The molecule has 3 aliphatic rings. The van der Waals surface area contributed by atoms with E-state index in [2.05, 4.69) is 229 Å². The third-order valence-electron chi connectivity index (χ3n) is 14.5. The van der Waals surface area contributed by atoms with E-state index < -0.39 is 0 Å². The number of nitrogens with zero attached hydrogens (tertiary/aromatic N) is 1. The van der Waals surface area contributed by atoms with E-state index in [1.54, 1.807) is 0 Å². The van der Waals surface area contributed by atoms with Gasteiger partial charge in [0.15, 0.2) is 0 Å². The van der Waals surface area contributed by atoms with Gasteiger partial charge in [-0.2, -0.15) is 0 Å². The van der Waals surface area contributed by atoms with Crippen LogP contribution < -0.4 is 4.90 Å². The van der Waals surface area contributed by atoms with Crippen molar-refractivity contribution in [3.8, 4) is 44.5 Å². The van der Waals surface area contributed by atoms with Gasteiger partial charge in [-0.05, 0) is 151 Å². The first-order chi connectivity index (χ1) is 32.2. The number of hydrogen-bond donors (Lipinski definition) is 0. The van der Waals surface area contributed by atoms with Crippen LogP contribution in [-0.4, -0.2) is 0 Å². The van der Waals surface area contributed by atoms with E-state index in [4.69, 9.17) is 0 Å². The van der Waals surface area contributed by atoms with E-state index in [0.717, 1.165) is 12.8 Å². The molecule has 1 heteroatoms. The van der Waals surface area contributed by atoms with Gasteiger partial charge in [0.05, 0.1) is 0 Å². The molecule has 0 unspecified atom stereocenters. The van der Waals surface area contributed by atoms with Crippen LogP contribution in [0.5, 0.6) is 0 Å². The fourth-order valence-electron chi connectivity index (χ4n) is 11.4. The van der Waals surface area contributed by atoms with Gasteiger partial charge in [-0.3, -0.25) is 0 Å². The van der Waals surface area contributed by atoms with Crippen molar-refractivity contribution in [2.75, 3.05) is 4.90 Å². The molecule has 0 aliphatic heterocycles. The minimum Gasteiger partial charge on any atom is -0.310 e. The maximum absolute atomic E-state index is 2.53. The van der Waals surface area contributed by atoms with Crippen LogP contribution in [-0.2, 0) is 11.8 Å². The summed E-state index contributed by atoms with van der Waals surface area (Å²) in [6, 6.07) is 76.5. The first-order valence-electron chi connectivity index (χ1n) is 23.6. The predicted octanol–water partition coefficient (Wildman–Crippen LogP) is 17.6. The quantitative estimate of drug-likeness (QED) is 0.147. The molecule has 0 aromatic heterocycles. The number of aryl methyl sites for hydroxylation is 1. The maximum Gasteiger partial charge on any atom is 0.0465 e. The minimum absolute atomic E-state index is 0.0393. The molecule has 9 aromatic rings. The highest BCUT2D eigenvalue weighted by atomic mass is 15.1. The van der Waals surface area contributed by atoms with Gasteiger partial charge in [0.1, 0.15) is 0 Å². The zero-order valence-corrected chi connectivity index (χ0v) is 36.8.